The van der Waals surface area contributed by atoms with Crippen molar-refractivity contribution in [3.05, 3.63) is 120 Å². The van der Waals surface area contributed by atoms with Crippen LogP contribution in [0.3, 0.4) is 0 Å². The molecule has 0 saturated heterocycles. The first-order valence-corrected chi connectivity index (χ1v) is 13.5. The van der Waals surface area contributed by atoms with Crippen molar-refractivity contribution in [1.29, 1.82) is 0 Å². The molecule has 0 radical (unpaired) electrons. The summed E-state index contributed by atoms with van der Waals surface area (Å²) in [7, 11) is 2.13. The van der Waals surface area contributed by atoms with Gasteiger partial charge < -0.3 is 9.30 Å². The molecule has 2 aromatic heterocycles. The molecule has 0 aliphatic carbocycles. The maximum Gasteiger partial charge on any atom is 0.123 e. The molecule has 5 nitrogen and oxygen atoms in total. The molecule has 5 aromatic rings. The molecule has 1 aliphatic heterocycles. The second-order valence-corrected chi connectivity index (χ2v) is 10.4. The van der Waals surface area contributed by atoms with E-state index in [0.717, 1.165) is 72.9 Å². The Morgan fingerprint density at radius 3 is 2.56 bits per heavy atom. The lowest BCUT2D eigenvalue weighted by Gasteiger charge is -2.24. The minimum absolute atomic E-state index is 0.224. The van der Waals surface area contributed by atoms with E-state index in [1.54, 1.807) is 12.1 Å². The lowest BCUT2D eigenvalue weighted by molar-refractivity contribution is 0.232. The minimum atomic E-state index is -0.224. The number of hydrogen-bond acceptors (Lipinski definition) is 4. The zero-order valence-corrected chi connectivity index (χ0v) is 22.3. The van der Waals surface area contributed by atoms with Crippen molar-refractivity contribution in [2.24, 2.45) is 0 Å². The third-order valence-electron chi connectivity index (χ3n) is 7.34. The molecule has 39 heavy (non-hydrogen) atoms. The largest absolute Gasteiger partial charge is 0.492 e. The highest BCUT2D eigenvalue weighted by Crippen LogP contribution is 2.31. The van der Waals surface area contributed by atoms with E-state index < -0.39 is 0 Å². The third-order valence-corrected chi connectivity index (χ3v) is 7.34. The van der Waals surface area contributed by atoms with Gasteiger partial charge in [-0.25, -0.2) is 4.39 Å². The minimum Gasteiger partial charge on any atom is -0.492 e. The normalized spacial score (nSPS) is 15.4. The molecule has 3 heterocycles. The van der Waals surface area contributed by atoms with Gasteiger partial charge in [-0.2, -0.15) is 0 Å². The number of halogens is 1. The summed E-state index contributed by atoms with van der Waals surface area (Å²) in [5.74, 6) is 0.616. The molecule has 6 rings (SSSR count). The molecule has 3 aromatic carbocycles. The lowest BCUT2D eigenvalue weighted by atomic mass is 10.1. The molecule has 0 spiro atoms. The van der Waals surface area contributed by atoms with Crippen molar-refractivity contribution in [2.75, 3.05) is 26.7 Å². The Kier molecular flexibility index (Phi) is 7.39. The highest BCUT2D eigenvalue weighted by Gasteiger charge is 2.16. The fourth-order valence-corrected chi connectivity index (χ4v) is 5.44. The van der Waals surface area contributed by atoms with Crippen LogP contribution in [0.2, 0.25) is 0 Å². The van der Waals surface area contributed by atoms with E-state index in [4.69, 9.17) is 4.74 Å². The zero-order valence-electron chi connectivity index (χ0n) is 22.3. The summed E-state index contributed by atoms with van der Waals surface area (Å²) in [6.45, 7) is 5.42. The molecule has 0 amide bonds. The van der Waals surface area contributed by atoms with Crippen molar-refractivity contribution in [3.63, 3.8) is 0 Å². The first kappa shape index (κ1) is 25.3. The summed E-state index contributed by atoms with van der Waals surface area (Å²) in [4.78, 5) is 9.34. The number of pyridine rings is 1. The van der Waals surface area contributed by atoms with Crippen LogP contribution in [0.1, 0.15) is 16.8 Å². The van der Waals surface area contributed by atoms with Gasteiger partial charge in [-0.3, -0.25) is 14.8 Å². The average Bonchev–Trinajstić information content (AvgIpc) is 3.30. The highest BCUT2D eigenvalue weighted by molar-refractivity contribution is 5.87. The number of rotatable bonds is 2. The number of aromatic nitrogens is 2. The summed E-state index contributed by atoms with van der Waals surface area (Å²) in [6.07, 6.45) is 1.85. The van der Waals surface area contributed by atoms with Crippen LogP contribution in [-0.4, -0.2) is 46.1 Å². The lowest BCUT2D eigenvalue weighted by Crippen LogP contribution is -2.27. The predicted octanol–water partition coefficient (Wildman–Crippen LogP) is 6.37. The van der Waals surface area contributed by atoms with E-state index in [-0.39, 0.29) is 5.82 Å². The van der Waals surface area contributed by atoms with Crippen molar-refractivity contribution in [2.45, 2.75) is 26.2 Å². The smallest absolute Gasteiger partial charge is 0.123 e. The van der Waals surface area contributed by atoms with Gasteiger partial charge in [0.1, 0.15) is 18.2 Å². The Morgan fingerprint density at radius 2 is 1.69 bits per heavy atom. The van der Waals surface area contributed by atoms with Crippen molar-refractivity contribution in [3.8, 4) is 17.0 Å². The van der Waals surface area contributed by atoms with Gasteiger partial charge in [-0.05, 0) is 66.7 Å². The summed E-state index contributed by atoms with van der Waals surface area (Å²) in [5.41, 5.74) is 6.76. The monoisotopic (exact) mass is 520 g/mol. The molecular formula is C33H33FN4O. The molecule has 1 aliphatic rings. The van der Waals surface area contributed by atoms with Crippen LogP contribution in [0, 0.1) is 5.82 Å². The Hall–Kier alpha value is -4.00. The summed E-state index contributed by atoms with van der Waals surface area (Å²) >= 11 is 0. The van der Waals surface area contributed by atoms with Gasteiger partial charge >= 0.3 is 0 Å². The first-order valence-electron chi connectivity index (χ1n) is 13.5. The second kappa shape index (κ2) is 11.4. The molecule has 198 valence electrons. The Bertz CT molecular complexity index is 1570. The molecule has 0 atom stereocenters. The van der Waals surface area contributed by atoms with Crippen LogP contribution in [0.25, 0.3) is 22.2 Å². The molecule has 0 fully saturated rings. The van der Waals surface area contributed by atoms with E-state index >= 15 is 0 Å². The first-order chi connectivity index (χ1) is 19.1. The Labute approximate surface area is 229 Å². The number of likely N-dealkylation sites (N-methyl/N-ethyl adjacent to an activating group) is 1. The van der Waals surface area contributed by atoms with Gasteiger partial charge in [0.15, 0.2) is 0 Å². The SMILES string of the molecule is CN1CCOc2cccc(c2)-c2cc3cc(F)ccc3n2CCN(Cc2ccccn2)Cc2cccc(c2)C1. The topological polar surface area (TPSA) is 33.5 Å². The summed E-state index contributed by atoms with van der Waals surface area (Å²) < 4.78 is 22.7. The molecule has 0 saturated carbocycles. The van der Waals surface area contributed by atoms with Gasteiger partial charge in [0.25, 0.3) is 0 Å². The zero-order chi connectivity index (χ0) is 26.6. The van der Waals surface area contributed by atoms with E-state index in [1.807, 2.05) is 36.5 Å². The standard InChI is InChI=1S/C33H33FN4O/c1-36-16-17-39-31-10-5-8-27(20-31)33-21-28-19-29(34)11-12-32(28)38(33)15-14-37(24-30-9-2-3-13-35-30)23-26-7-4-6-25(18-26)22-36/h2-13,18-21H,14-17,22-24H2,1H3. The summed E-state index contributed by atoms with van der Waals surface area (Å²) in [5, 5.41) is 0.899. The predicted molar refractivity (Wildman–Crippen MR) is 154 cm³/mol. The van der Waals surface area contributed by atoms with Gasteiger partial charge in [0, 0.05) is 67.6 Å². The highest BCUT2D eigenvalue weighted by atomic mass is 19.1. The van der Waals surface area contributed by atoms with Gasteiger partial charge in [0.2, 0.25) is 0 Å². The number of fused-ring (bicyclic) bond motifs is 8. The summed E-state index contributed by atoms with van der Waals surface area (Å²) in [6, 6.07) is 30.3. The quantitative estimate of drug-likeness (QED) is 0.271. The fraction of sp³-hybridized carbons (Fsp3) is 0.242. The van der Waals surface area contributed by atoms with Crippen molar-refractivity contribution in [1.82, 2.24) is 19.4 Å². The maximum absolute atomic E-state index is 14.2. The van der Waals surface area contributed by atoms with E-state index in [1.165, 1.54) is 11.1 Å². The van der Waals surface area contributed by atoms with Crippen LogP contribution < -0.4 is 4.74 Å². The molecular weight excluding hydrogens is 487 g/mol. The molecule has 4 bridgehead atoms. The van der Waals surface area contributed by atoms with Crippen LogP contribution in [0.5, 0.6) is 5.75 Å². The van der Waals surface area contributed by atoms with Crippen LogP contribution in [0.15, 0.2) is 97.2 Å². The number of nitrogens with zero attached hydrogens (tertiary/aromatic N) is 4. The Balaban J connectivity index is 1.41. The number of hydrogen-bond donors (Lipinski definition) is 0. The van der Waals surface area contributed by atoms with Crippen LogP contribution in [-0.2, 0) is 26.2 Å². The second-order valence-electron chi connectivity index (χ2n) is 10.4. The van der Waals surface area contributed by atoms with Gasteiger partial charge in [-0.1, -0.05) is 42.5 Å². The average molecular weight is 521 g/mol. The fourth-order valence-electron chi connectivity index (χ4n) is 5.44. The maximum atomic E-state index is 14.2. The number of ether oxygens (including phenoxy) is 1. The van der Waals surface area contributed by atoms with Crippen molar-refractivity contribution >= 4 is 10.9 Å². The molecule has 0 unspecified atom stereocenters. The van der Waals surface area contributed by atoms with Gasteiger partial charge in [0.05, 0.1) is 5.69 Å². The van der Waals surface area contributed by atoms with Gasteiger partial charge in [-0.15, -0.1) is 0 Å². The van der Waals surface area contributed by atoms with E-state index in [2.05, 4.69) is 74.9 Å². The third kappa shape index (κ3) is 6.03. The van der Waals surface area contributed by atoms with Crippen molar-refractivity contribution < 1.29 is 9.13 Å². The van der Waals surface area contributed by atoms with Crippen LogP contribution in [0.4, 0.5) is 4.39 Å². The molecule has 0 N–H and O–H groups in total. The van der Waals surface area contributed by atoms with E-state index in [0.29, 0.717) is 6.61 Å². The Morgan fingerprint density at radius 1 is 0.821 bits per heavy atom. The molecule has 6 heteroatoms. The van der Waals surface area contributed by atoms with E-state index in [9.17, 15) is 4.39 Å². The number of benzene rings is 3. The van der Waals surface area contributed by atoms with Crippen LogP contribution >= 0.6 is 0 Å².